The van der Waals surface area contributed by atoms with Gasteiger partial charge in [0.15, 0.2) is 0 Å². The van der Waals surface area contributed by atoms with Crippen LogP contribution in [0.25, 0.3) is 0 Å². The molecule has 0 saturated heterocycles. The summed E-state index contributed by atoms with van der Waals surface area (Å²) in [7, 11) is 0. The predicted octanol–water partition coefficient (Wildman–Crippen LogP) is 3.33. The standard InChI is InChI=1S/C13H25N/c1-3-7-12(2)10-13(12,8-9-14)11-5-4-6-11/h11H,3-10,14H2,1-2H3/t12?,13-/m0/s1. The molecule has 2 aliphatic rings. The fraction of sp³-hybridized carbons (Fsp3) is 1.00. The fourth-order valence-electron chi connectivity index (χ4n) is 3.99. The van der Waals surface area contributed by atoms with Crippen LogP contribution in [0.15, 0.2) is 0 Å². The molecule has 1 heteroatoms. The Kier molecular flexibility index (Phi) is 2.63. The molecule has 2 saturated carbocycles. The Balaban J connectivity index is 2.03. The van der Waals surface area contributed by atoms with Crippen LogP contribution >= 0.6 is 0 Å². The van der Waals surface area contributed by atoms with Gasteiger partial charge in [-0.05, 0) is 55.4 Å². The predicted molar refractivity (Wildman–Crippen MR) is 61.1 cm³/mol. The third kappa shape index (κ3) is 1.32. The summed E-state index contributed by atoms with van der Waals surface area (Å²) in [4.78, 5) is 0. The van der Waals surface area contributed by atoms with Crippen molar-refractivity contribution in [3.63, 3.8) is 0 Å². The molecule has 0 aromatic rings. The lowest BCUT2D eigenvalue weighted by Gasteiger charge is -2.37. The van der Waals surface area contributed by atoms with Crippen molar-refractivity contribution in [1.29, 1.82) is 0 Å². The second kappa shape index (κ2) is 3.52. The molecule has 0 bridgehead atoms. The van der Waals surface area contributed by atoms with Crippen LogP contribution in [0.1, 0.15) is 58.8 Å². The Morgan fingerprint density at radius 1 is 1.29 bits per heavy atom. The topological polar surface area (TPSA) is 26.0 Å². The molecule has 2 aliphatic carbocycles. The Bertz CT molecular complexity index is 209. The summed E-state index contributed by atoms with van der Waals surface area (Å²) in [6.07, 6.45) is 9.96. The van der Waals surface area contributed by atoms with E-state index in [0.29, 0.717) is 10.8 Å². The minimum atomic E-state index is 0.659. The summed E-state index contributed by atoms with van der Waals surface area (Å²) in [5, 5.41) is 0. The molecule has 14 heavy (non-hydrogen) atoms. The molecule has 0 spiro atoms. The zero-order valence-corrected chi connectivity index (χ0v) is 9.81. The summed E-state index contributed by atoms with van der Waals surface area (Å²) in [6.45, 7) is 5.72. The largest absolute Gasteiger partial charge is 0.330 e. The lowest BCUT2D eigenvalue weighted by atomic mass is 9.68. The number of rotatable bonds is 5. The number of nitrogens with two attached hydrogens (primary N) is 1. The third-order valence-electron chi connectivity index (χ3n) is 5.06. The van der Waals surface area contributed by atoms with Crippen LogP contribution in [0, 0.1) is 16.7 Å². The molecular weight excluding hydrogens is 170 g/mol. The van der Waals surface area contributed by atoms with Gasteiger partial charge in [0.25, 0.3) is 0 Å². The first-order valence-electron chi connectivity index (χ1n) is 6.38. The average molecular weight is 195 g/mol. The van der Waals surface area contributed by atoms with E-state index in [0.717, 1.165) is 12.5 Å². The van der Waals surface area contributed by atoms with Gasteiger partial charge in [-0.15, -0.1) is 0 Å². The molecule has 0 amide bonds. The maximum Gasteiger partial charge on any atom is -0.00717 e. The van der Waals surface area contributed by atoms with E-state index in [-0.39, 0.29) is 0 Å². The Morgan fingerprint density at radius 2 is 2.00 bits per heavy atom. The van der Waals surface area contributed by atoms with E-state index in [9.17, 15) is 0 Å². The molecule has 2 N–H and O–H groups in total. The van der Waals surface area contributed by atoms with Crippen LogP contribution in [-0.2, 0) is 0 Å². The van der Waals surface area contributed by atoms with E-state index in [1.165, 1.54) is 44.9 Å². The Hall–Kier alpha value is -0.0400. The Labute approximate surface area is 88.4 Å². The van der Waals surface area contributed by atoms with Gasteiger partial charge in [-0.25, -0.2) is 0 Å². The van der Waals surface area contributed by atoms with Crippen LogP contribution in [0.2, 0.25) is 0 Å². The van der Waals surface area contributed by atoms with Crippen molar-refractivity contribution in [2.75, 3.05) is 6.54 Å². The van der Waals surface area contributed by atoms with Crippen LogP contribution in [0.3, 0.4) is 0 Å². The normalized spacial score (nSPS) is 42.2. The smallest absolute Gasteiger partial charge is 0.00717 e. The molecule has 0 aliphatic heterocycles. The summed E-state index contributed by atoms with van der Waals surface area (Å²) in [6, 6.07) is 0. The molecule has 2 rings (SSSR count). The van der Waals surface area contributed by atoms with Crippen molar-refractivity contribution in [1.82, 2.24) is 0 Å². The maximum atomic E-state index is 5.79. The quantitative estimate of drug-likeness (QED) is 0.715. The van der Waals surface area contributed by atoms with Crippen molar-refractivity contribution < 1.29 is 0 Å². The molecule has 1 unspecified atom stereocenters. The second-order valence-corrected chi connectivity index (χ2v) is 5.81. The summed E-state index contributed by atoms with van der Waals surface area (Å²) < 4.78 is 0. The van der Waals surface area contributed by atoms with Crippen molar-refractivity contribution in [2.24, 2.45) is 22.5 Å². The highest BCUT2D eigenvalue weighted by atomic mass is 14.7. The molecule has 82 valence electrons. The molecule has 0 heterocycles. The van der Waals surface area contributed by atoms with Crippen LogP contribution < -0.4 is 5.73 Å². The SMILES string of the molecule is CCCC1(C)C[C@@]1(CCN)C1CCC1. The third-order valence-corrected chi connectivity index (χ3v) is 5.06. The first kappa shape index (κ1) is 10.5. The minimum Gasteiger partial charge on any atom is -0.330 e. The minimum absolute atomic E-state index is 0.659. The van der Waals surface area contributed by atoms with Gasteiger partial charge < -0.3 is 5.73 Å². The highest BCUT2D eigenvalue weighted by molar-refractivity contribution is 5.15. The monoisotopic (exact) mass is 195 g/mol. The van der Waals surface area contributed by atoms with Crippen molar-refractivity contribution in [3.05, 3.63) is 0 Å². The van der Waals surface area contributed by atoms with Gasteiger partial charge in [0.2, 0.25) is 0 Å². The van der Waals surface area contributed by atoms with E-state index in [2.05, 4.69) is 13.8 Å². The van der Waals surface area contributed by atoms with E-state index < -0.39 is 0 Å². The zero-order valence-electron chi connectivity index (χ0n) is 9.81. The first-order valence-corrected chi connectivity index (χ1v) is 6.38. The van der Waals surface area contributed by atoms with Crippen LogP contribution in [-0.4, -0.2) is 6.54 Å². The van der Waals surface area contributed by atoms with E-state index in [1.807, 2.05) is 0 Å². The van der Waals surface area contributed by atoms with Crippen molar-refractivity contribution in [2.45, 2.75) is 58.8 Å². The first-order chi connectivity index (χ1) is 6.68. The van der Waals surface area contributed by atoms with Crippen LogP contribution in [0.5, 0.6) is 0 Å². The highest BCUT2D eigenvalue weighted by Gasteiger charge is 2.66. The van der Waals surface area contributed by atoms with E-state index in [4.69, 9.17) is 5.73 Å². The van der Waals surface area contributed by atoms with Crippen molar-refractivity contribution in [3.8, 4) is 0 Å². The van der Waals surface area contributed by atoms with Gasteiger partial charge in [-0.3, -0.25) is 0 Å². The molecule has 0 aromatic carbocycles. The van der Waals surface area contributed by atoms with E-state index >= 15 is 0 Å². The van der Waals surface area contributed by atoms with Gasteiger partial charge in [0, 0.05) is 0 Å². The lowest BCUT2D eigenvalue weighted by Crippen LogP contribution is -2.30. The summed E-state index contributed by atoms with van der Waals surface area (Å²) >= 11 is 0. The summed E-state index contributed by atoms with van der Waals surface area (Å²) in [5.74, 6) is 1.03. The van der Waals surface area contributed by atoms with Crippen molar-refractivity contribution >= 4 is 0 Å². The molecule has 1 nitrogen and oxygen atoms in total. The fourth-order valence-corrected chi connectivity index (χ4v) is 3.99. The van der Waals surface area contributed by atoms with Crippen LogP contribution in [0.4, 0.5) is 0 Å². The molecule has 0 radical (unpaired) electrons. The molecular formula is C13H25N. The lowest BCUT2D eigenvalue weighted by molar-refractivity contribution is 0.129. The van der Waals surface area contributed by atoms with Gasteiger partial charge in [0.1, 0.15) is 0 Å². The van der Waals surface area contributed by atoms with Gasteiger partial charge >= 0.3 is 0 Å². The second-order valence-electron chi connectivity index (χ2n) is 5.81. The summed E-state index contributed by atoms with van der Waals surface area (Å²) in [5.41, 5.74) is 7.12. The average Bonchev–Trinajstić information content (AvgIpc) is 2.53. The number of hydrogen-bond donors (Lipinski definition) is 1. The Morgan fingerprint density at radius 3 is 2.43 bits per heavy atom. The van der Waals surface area contributed by atoms with Gasteiger partial charge in [-0.2, -0.15) is 0 Å². The molecule has 0 aromatic heterocycles. The zero-order chi connectivity index (χ0) is 10.2. The molecule has 2 fully saturated rings. The highest BCUT2D eigenvalue weighted by Crippen LogP contribution is 2.74. The maximum absolute atomic E-state index is 5.79. The van der Waals surface area contributed by atoms with E-state index in [1.54, 1.807) is 0 Å². The van der Waals surface area contributed by atoms with Gasteiger partial charge in [0.05, 0.1) is 0 Å². The molecule has 2 atom stereocenters. The number of hydrogen-bond acceptors (Lipinski definition) is 1. The van der Waals surface area contributed by atoms with Gasteiger partial charge in [-0.1, -0.05) is 26.7 Å².